The third-order valence-corrected chi connectivity index (χ3v) is 5.29. The molecule has 1 saturated heterocycles. The number of aliphatic hydroxyl groups is 1. The zero-order chi connectivity index (χ0) is 17.6. The molecule has 2 aliphatic rings. The van der Waals surface area contributed by atoms with Gasteiger partial charge in [-0.2, -0.15) is 0 Å². The zero-order valence-corrected chi connectivity index (χ0v) is 14.9. The highest BCUT2D eigenvalue weighted by Gasteiger charge is 2.24. The van der Waals surface area contributed by atoms with Crippen LogP contribution < -0.4 is 20.3 Å². The average molecular weight is 347 g/mol. The first-order chi connectivity index (χ1) is 12.1. The van der Waals surface area contributed by atoms with Crippen molar-refractivity contribution in [2.75, 3.05) is 31.6 Å². The van der Waals surface area contributed by atoms with Crippen LogP contribution in [-0.4, -0.2) is 50.0 Å². The number of hydrogen-bond acceptors (Lipinski definition) is 4. The van der Waals surface area contributed by atoms with Gasteiger partial charge in [-0.05, 0) is 50.2 Å². The SMILES string of the molecule is COc1cccc(N2CCC(CNC(=O)NC3CCC(O)CC3)C2)c1. The molecule has 0 aromatic heterocycles. The molecule has 1 aromatic rings. The highest BCUT2D eigenvalue weighted by Crippen LogP contribution is 2.26. The Morgan fingerprint density at radius 1 is 1.28 bits per heavy atom. The van der Waals surface area contributed by atoms with E-state index >= 15 is 0 Å². The van der Waals surface area contributed by atoms with Crippen molar-refractivity contribution >= 4 is 11.7 Å². The lowest BCUT2D eigenvalue weighted by Crippen LogP contribution is -2.45. The van der Waals surface area contributed by atoms with Crippen LogP contribution in [0.25, 0.3) is 0 Å². The van der Waals surface area contributed by atoms with E-state index in [0.717, 1.165) is 50.9 Å². The second kappa shape index (κ2) is 8.43. The number of hydrogen-bond donors (Lipinski definition) is 3. The van der Waals surface area contributed by atoms with Crippen LogP contribution >= 0.6 is 0 Å². The summed E-state index contributed by atoms with van der Waals surface area (Å²) >= 11 is 0. The fraction of sp³-hybridized carbons (Fsp3) is 0.632. The number of ether oxygens (including phenoxy) is 1. The fourth-order valence-corrected chi connectivity index (χ4v) is 3.73. The summed E-state index contributed by atoms with van der Waals surface area (Å²) in [6, 6.07) is 8.23. The summed E-state index contributed by atoms with van der Waals surface area (Å²) in [5, 5.41) is 15.6. The van der Waals surface area contributed by atoms with Gasteiger partial charge in [0.05, 0.1) is 13.2 Å². The van der Waals surface area contributed by atoms with Crippen molar-refractivity contribution in [2.24, 2.45) is 5.92 Å². The summed E-state index contributed by atoms with van der Waals surface area (Å²) in [4.78, 5) is 14.4. The van der Waals surface area contributed by atoms with Crippen molar-refractivity contribution in [3.8, 4) is 5.75 Å². The van der Waals surface area contributed by atoms with E-state index in [1.165, 1.54) is 5.69 Å². The maximum Gasteiger partial charge on any atom is 0.315 e. The van der Waals surface area contributed by atoms with Crippen LogP contribution in [0.3, 0.4) is 0 Å². The largest absolute Gasteiger partial charge is 0.497 e. The first kappa shape index (κ1) is 17.9. The van der Waals surface area contributed by atoms with E-state index in [4.69, 9.17) is 4.74 Å². The molecule has 1 atom stereocenters. The van der Waals surface area contributed by atoms with Crippen LogP contribution in [0.15, 0.2) is 24.3 Å². The van der Waals surface area contributed by atoms with Crippen molar-refractivity contribution < 1.29 is 14.6 Å². The molecular weight excluding hydrogens is 318 g/mol. The molecule has 1 unspecified atom stereocenters. The minimum Gasteiger partial charge on any atom is -0.497 e. The van der Waals surface area contributed by atoms with Gasteiger partial charge in [-0.3, -0.25) is 0 Å². The Labute approximate surface area is 149 Å². The van der Waals surface area contributed by atoms with Gasteiger partial charge in [-0.15, -0.1) is 0 Å². The molecule has 1 aromatic carbocycles. The molecule has 25 heavy (non-hydrogen) atoms. The summed E-state index contributed by atoms with van der Waals surface area (Å²) in [7, 11) is 1.68. The van der Waals surface area contributed by atoms with E-state index in [-0.39, 0.29) is 18.2 Å². The van der Waals surface area contributed by atoms with Gasteiger partial charge < -0.3 is 25.4 Å². The van der Waals surface area contributed by atoms with Crippen molar-refractivity contribution in [1.29, 1.82) is 0 Å². The van der Waals surface area contributed by atoms with Gasteiger partial charge in [0.1, 0.15) is 5.75 Å². The van der Waals surface area contributed by atoms with Crippen molar-refractivity contribution in [1.82, 2.24) is 10.6 Å². The molecule has 1 aliphatic carbocycles. The summed E-state index contributed by atoms with van der Waals surface area (Å²) in [6.07, 6.45) is 4.17. The molecule has 1 aliphatic heterocycles. The highest BCUT2D eigenvalue weighted by atomic mass is 16.5. The standard InChI is InChI=1S/C19H29N3O3/c1-25-18-4-2-3-16(11-18)22-10-9-14(13-22)12-20-19(24)21-15-5-7-17(23)8-6-15/h2-4,11,14-15,17,23H,5-10,12-13H2,1H3,(H2,20,21,24). The van der Waals surface area contributed by atoms with Crippen molar-refractivity contribution in [3.63, 3.8) is 0 Å². The fourth-order valence-electron chi connectivity index (χ4n) is 3.73. The normalized spacial score (nSPS) is 26.3. The molecular formula is C19H29N3O3. The van der Waals surface area contributed by atoms with Crippen LogP contribution in [0.2, 0.25) is 0 Å². The van der Waals surface area contributed by atoms with Gasteiger partial charge in [-0.1, -0.05) is 6.07 Å². The molecule has 0 radical (unpaired) electrons. The van der Waals surface area contributed by atoms with Gasteiger partial charge in [0.2, 0.25) is 0 Å². The van der Waals surface area contributed by atoms with Gasteiger partial charge in [0.15, 0.2) is 0 Å². The molecule has 2 fully saturated rings. The number of anilines is 1. The number of amides is 2. The third-order valence-electron chi connectivity index (χ3n) is 5.29. The van der Waals surface area contributed by atoms with Gasteiger partial charge >= 0.3 is 6.03 Å². The lowest BCUT2D eigenvalue weighted by Gasteiger charge is -2.26. The van der Waals surface area contributed by atoms with E-state index in [0.29, 0.717) is 12.5 Å². The van der Waals surface area contributed by atoms with Gasteiger partial charge in [0.25, 0.3) is 0 Å². The maximum atomic E-state index is 12.1. The number of nitrogens with zero attached hydrogens (tertiary/aromatic N) is 1. The first-order valence-electron chi connectivity index (χ1n) is 9.25. The van der Waals surface area contributed by atoms with E-state index in [1.807, 2.05) is 12.1 Å². The maximum absolute atomic E-state index is 12.1. The number of aliphatic hydroxyl groups excluding tert-OH is 1. The first-order valence-corrected chi connectivity index (χ1v) is 9.25. The van der Waals surface area contributed by atoms with Crippen LogP contribution in [0, 0.1) is 5.92 Å². The second-order valence-corrected chi connectivity index (χ2v) is 7.16. The Bertz CT molecular complexity index is 573. The zero-order valence-electron chi connectivity index (χ0n) is 14.9. The highest BCUT2D eigenvalue weighted by molar-refractivity contribution is 5.74. The molecule has 1 heterocycles. The lowest BCUT2D eigenvalue weighted by molar-refractivity contribution is 0.117. The minimum absolute atomic E-state index is 0.0822. The smallest absolute Gasteiger partial charge is 0.315 e. The molecule has 138 valence electrons. The summed E-state index contributed by atoms with van der Waals surface area (Å²) in [6.45, 7) is 2.65. The van der Waals surface area contributed by atoms with E-state index < -0.39 is 0 Å². The second-order valence-electron chi connectivity index (χ2n) is 7.16. The van der Waals surface area contributed by atoms with Crippen molar-refractivity contribution in [3.05, 3.63) is 24.3 Å². The Morgan fingerprint density at radius 2 is 2.08 bits per heavy atom. The Kier molecular flexibility index (Phi) is 6.02. The topological polar surface area (TPSA) is 73.8 Å². The molecule has 1 saturated carbocycles. The van der Waals surface area contributed by atoms with Gasteiger partial charge in [-0.25, -0.2) is 4.79 Å². The summed E-state index contributed by atoms with van der Waals surface area (Å²) in [5.41, 5.74) is 1.17. The van der Waals surface area contributed by atoms with E-state index in [1.54, 1.807) is 7.11 Å². The molecule has 6 nitrogen and oxygen atoms in total. The van der Waals surface area contributed by atoms with Gasteiger partial charge in [0, 0.05) is 37.4 Å². The van der Waals surface area contributed by atoms with Crippen LogP contribution in [0.1, 0.15) is 32.1 Å². The third kappa shape index (κ3) is 5.01. The van der Waals surface area contributed by atoms with E-state index in [2.05, 4.69) is 27.7 Å². The lowest BCUT2D eigenvalue weighted by atomic mass is 9.93. The molecule has 3 rings (SSSR count). The number of nitrogens with one attached hydrogen (secondary N) is 2. The monoisotopic (exact) mass is 347 g/mol. The predicted octanol–water partition coefficient (Wildman–Crippen LogP) is 2.12. The molecule has 0 spiro atoms. The van der Waals surface area contributed by atoms with Crippen molar-refractivity contribution in [2.45, 2.75) is 44.2 Å². The summed E-state index contributed by atoms with van der Waals surface area (Å²) < 4.78 is 5.29. The quantitative estimate of drug-likeness (QED) is 0.763. The van der Waals surface area contributed by atoms with E-state index in [9.17, 15) is 9.90 Å². The van der Waals surface area contributed by atoms with Crippen LogP contribution in [-0.2, 0) is 0 Å². The molecule has 0 bridgehead atoms. The minimum atomic E-state index is -0.192. The predicted molar refractivity (Wildman–Crippen MR) is 98.1 cm³/mol. The number of benzene rings is 1. The molecule has 2 amide bonds. The number of methoxy groups -OCH3 is 1. The van der Waals surface area contributed by atoms with Crippen LogP contribution in [0.4, 0.5) is 10.5 Å². The Hall–Kier alpha value is -1.95. The number of carbonyl (C=O) groups is 1. The average Bonchev–Trinajstić information content (AvgIpc) is 3.11. The van der Waals surface area contributed by atoms with Crippen LogP contribution in [0.5, 0.6) is 5.75 Å². The number of urea groups is 1. The Morgan fingerprint density at radius 3 is 2.84 bits per heavy atom. The molecule has 3 N–H and O–H groups in total. The Balaban J connectivity index is 1.40. The molecule has 6 heteroatoms. The number of carbonyl (C=O) groups excluding carboxylic acids is 1. The summed E-state index contributed by atoms with van der Waals surface area (Å²) in [5.74, 6) is 1.33. The number of rotatable bonds is 5.